The van der Waals surface area contributed by atoms with Gasteiger partial charge in [-0.3, -0.25) is 4.79 Å². The Kier molecular flexibility index (Phi) is 7.34. The molecule has 2 heterocycles. The minimum Gasteiger partial charge on any atom is -0.351 e. The Bertz CT molecular complexity index is 914. The maximum Gasteiger partial charge on any atom is 0.244 e. The molecule has 1 aromatic carbocycles. The average molecular weight is 440 g/mol. The van der Waals surface area contributed by atoms with Crippen LogP contribution in [0.4, 0.5) is 0 Å². The van der Waals surface area contributed by atoms with Crippen LogP contribution >= 0.6 is 23.4 Å². The number of piperidine rings is 1. The first-order valence-corrected chi connectivity index (χ1v) is 11.9. The molecule has 6 nitrogen and oxygen atoms in total. The summed E-state index contributed by atoms with van der Waals surface area (Å²) in [5.41, 5.74) is 0.855. The number of carbonyl (C=O) groups excluding carboxylic acids is 1. The number of rotatable bonds is 7. The normalized spacial score (nSPS) is 15.3. The van der Waals surface area contributed by atoms with Crippen LogP contribution in [0.1, 0.15) is 24.8 Å². The largest absolute Gasteiger partial charge is 0.351 e. The molecular weight excluding hydrogens is 418 g/mol. The van der Waals surface area contributed by atoms with Crippen molar-refractivity contribution in [1.29, 1.82) is 0 Å². The van der Waals surface area contributed by atoms with Gasteiger partial charge in [0.25, 0.3) is 0 Å². The van der Waals surface area contributed by atoms with Crippen molar-refractivity contribution in [3.05, 3.63) is 53.2 Å². The van der Waals surface area contributed by atoms with Gasteiger partial charge in [0.15, 0.2) is 0 Å². The molecule has 1 fully saturated rings. The number of pyridine rings is 1. The third-order valence-corrected chi connectivity index (χ3v) is 7.64. The van der Waals surface area contributed by atoms with E-state index in [9.17, 15) is 13.2 Å². The van der Waals surface area contributed by atoms with Gasteiger partial charge >= 0.3 is 0 Å². The number of halogens is 1. The molecule has 0 spiro atoms. The van der Waals surface area contributed by atoms with Crippen molar-refractivity contribution in [2.45, 2.75) is 35.7 Å². The fourth-order valence-electron chi connectivity index (χ4n) is 2.89. The Labute approximate surface area is 174 Å². The van der Waals surface area contributed by atoms with Crippen LogP contribution in [0, 0.1) is 0 Å². The smallest absolute Gasteiger partial charge is 0.244 e. The molecule has 1 aliphatic rings. The van der Waals surface area contributed by atoms with Gasteiger partial charge in [-0.15, -0.1) is 0 Å². The van der Waals surface area contributed by atoms with Gasteiger partial charge in [-0.25, -0.2) is 13.4 Å². The van der Waals surface area contributed by atoms with Crippen LogP contribution in [0.5, 0.6) is 0 Å². The summed E-state index contributed by atoms with van der Waals surface area (Å²) in [5.74, 6) is 0.0482. The summed E-state index contributed by atoms with van der Waals surface area (Å²) in [6, 6.07) is 10.5. The number of aromatic nitrogens is 1. The molecule has 0 bridgehead atoms. The first kappa shape index (κ1) is 21.1. The zero-order chi connectivity index (χ0) is 20.0. The second kappa shape index (κ2) is 9.73. The molecule has 9 heteroatoms. The summed E-state index contributed by atoms with van der Waals surface area (Å²) >= 11 is 7.33. The molecule has 1 aromatic heterocycles. The number of hydrogen-bond acceptors (Lipinski definition) is 5. The van der Waals surface area contributed by atoms with Gasteiger partial charge in [0.2, 0.25) is 15.9 Å². The lowest BCUT2D eigenvalue weighted by Gasteiger charge is -2.25. The molecule has 0 saturated carbocycles. The van der Waals surface area contributed by atoms with Crippen LogP contribution in [0.2, 0.25) is 5.02 Å². The van der Waals surface area contributed by atoms with Crippen molar-refractivity contribution in [3.8, 4) is 0 Å². The molecule has 1 saturated heterocycles. The quantitative estimate of drug-likeness (QED) is 0.669. The lowest BCUT2D eigenvalue weighted by Crippen LogP contribution is -2.35. The highest BCUT2D eigenvalue weighted by Gasteiger charge is 2.26. The summed E-state index contributed by atoms with van der Waals surface area (Å²) in [4.78, 5) is 16.4. The van der Waals surface area contributed by atoms with Crippen molar-refractivity contribution in [3.63, 3.8) is 0 Å². The highest BCUT2D eigenvalue weighted by atomic mass is 35.5. The summed E-state index contributed by atoms with van der Waals surface area (Å²) in [6.07, 6.45) is 4.22. The Morgan fingerprint density at radius 1 is 1.14 bits per heavy atom. The van der Waals surface area contributed by atoms with E-state index in [0.29, 0.717) is 29.7 Å². The summed E-state index contributed by atoms with van der Waals surface area (Å²) < 4.78 is 26.7. The van der Waals surface area contributed by atoms with E-state index in [0.717, 1.165) is 24.8 Å². The number of thioether (sulfide) groups is 1. The Morgan fingerprint density at radius 3 is 2.57 bits per heavy atom. The van der Waals surface area contributed by atoms with E-state index < -0.39 is 10.0 Å². The number of hydrogen-bond donors (Lipinski definition) is 1. The third kappa shape index (κ3) is 5.47. The Morgan fingerprint density at radius 2 is 1.89 bits per heavy atom. The van der Waals surface area contributed by atoms with Gasteiger partial charge in [0, 0.05) is 30.9 Å². The molecule has 0 unspecified atom stereocenters. The van der Waals surface area contributed by atoms with Gasteiger partial charge in [-0.05, 0) is 36.6 Å². The van der Waals surface area contributed by atoms with Crippen LogP contribution in [0.25, 0.3) is 0 Å². The molecule has 0 radical (unpaired) electrons. The lowest BCUT2D eigenvalue weighted by atomic mass is 10.2. The van der Waals surface area contributed by atoms with Crippen molar-refractivity contribution >= 4 is 39.3 Å². The number of nitrogens with zero attached hydrogens (tertiary/aromatic N) is 2. The zero-order valence-electron chi connectivity index (χ0n) is 15.3. The number of sulfonamides is 1. The predicted molar refractivity (Wildman–Crippen MR) is 111 cm³/mol. The summed E-state index contributed by atoms with van der Waals surface area (Å²) in [5, 5.41) is 4.03. The van der Waals surface area contributed by atoms with E-state index in [1.165, 1.54) is 22.3 Å². The molecule has 28 heavy (non-hydrogen) atoms. The van der Waals surface area contributed by atoms with E-state index in [1.807, 2.05) is 18.2 Å². The molecule has 1 N–H and O–H groups in total. The first-order chi connectivity index (χ1) is 13.5. The highest BCUT2D eigenvalue weighted by molar-refractivity contribution is 7.99. The molecular formula is C19H22ClN3O3S2. The summed E-state index contributed by atoms with van der Waals surface area (Å²) in [6.45, 7) is 1.48. The highest BCUT2D eigenvalue weighted by Crippen LogP contribution is 2.22. The molecule has 2 aromatic rings. The van der Waals surface area contributed by atoms with E-state index in [1.54, 1.807) is 18.2 Å². The average Bonchev–Trinajstić information content (AvgIpc) is 2.72. The van der Waals surface area contributed by atoms with E-state index in [-0.39, 0.29) is 16.6 Å². The Balaban J connectivity index is 1.51. The molecule has 3 rings (SSSR count). The van der Waals surface area contributed by atoms with Crippen LogP contribution in [-0.4, -0.2) is 42.5 Å². The monoisotopic (exact) mass is 439 g/mol. The number of nitrogens with one attached hydrogen (secondary N) is 1. The van der Waals surface area contributed by atoms with E-state index >= 15 is 0 Å². The second-order valence-electron chi connectivity index (χ2n) is 6.45. The van der Waals surface area contributed by atoms with Gasteiger partial charge in [-0.1, -0.05) is 48.0 Å². The van der Waals surface area contributed by atoms with E-state index in [4.69, 9.17) is 11.6 Å². The molecule has 1 aliphatic heterocycles. The van der Waals surface area contributed by atoms with Crippen molar-refractivity contribution < 1.29 is 13.2 Å². The topological polar surface area (TPSA) is 79.4 Å². The molecule has 0 atom stereocenters. The predicted octanol–water partition coefficient (Wildman–Crippen LogP) is 3.32. The molecule has 0 aliphatic carbocycles. The zero-order valence-corrected chi connectivity index (χ0v) is 17.7. The van der Waals surface area contributed by atoms with Crippen molar-refractivity contribution in [2.75, 3.05) is 18.8 Å². The second-order valence-corrected chi connectivity index (χ2v) is 9.79. The standard InChI is InChI=1S/C19H22ClN3O3S2/c20-17-7-3-2-6-15(17)12-21-18(24)14-27-19-9-8-16(13-22-19)28(25,26)23-10-4-1-5-11-23/h2-3,6-9,13H,1,4-5,10-12,14H2,(H,21,24). The van der Waals surface area contributed by atoms with Crippen molar-refractivity contribution in [2.24, 2.45) is 0 Å². The lowest BCUT2D eigenvalue weighted by molar-refractivity contribution is -0.118. The van der Waals surface area contributed by atoms with Crippen LogP contribution in [0.15, 0.2) is 52.5 Å². The molecule has 150 valence electrons. The van der Waals surface area contributed by atoms with Crippen LogP contribution in [0.3, 0.4) is 0 Å². The number of benzene rings is 1. The van der Waals surface area contributed by atoms with Gasteiger partial charge in [0.05, 0.1) is 10.8 Å². The maximum absolute atomic E-state index is 12.6. The number of carbonyl (C=O) groups is 1. The minimum atomic E-state index is -3.48. The van der Waals surface area contributed by atoms with Crippen molar-refractivity contribution in [1.82, 2.24) is 14.6 Å². The Hall–Kier alpha value is -1.61. The molecule has 1 amide bonds. The van der Waals surface area contributed by atoms with E-state index in [2.05, 4.69) is 10.3 Å². The van der Waals surface area contributed by atoms with Crippen LogP contribution < -0.4 is 5.32 Å². The maximum atomic E-state index is 12.6. The first-order valence-electron chi connectivity index (χ1n) is 9.06. The fraction of sp³-hybridized carbons (Fsp3) is 0.368. The van der Waals surface area contributed by atoms with Gasteiger partial charge in [0.1, 0.15) is 4.90 Å². The van der Waals surface area contributed by atoms with Crippen LogP contribution in [-0.2, 0) is 21.4 Å². The third-order valence-electron chi connectivity index (χ3n) is 4.45. The minimum absolute atomic E-state index is 0.142. The SMILES string of the molecule is O=C(CSc1ccc(S(=O)(=O)N2CCCCC2)cn1)NCc1ccccc1Cl. The fourth-order valence-corrected chi connectivity index (χ4v) is 5.22. The van der Waals surface area contributed by atoms with Gasteiger partial charge < -0.3 is 5.32 Å². The van der Waals surface area contributed by atoms with Gasteiger partial charge in [-0.2, -0.15) is 4.31 Å². The number of amides is 1. The summed E-state index contributed by atoms with van der Waals surface area (Å²) in [7, 11) is -3.48.